The lowest BCUT2D eigenvalue weighted by Crippen LogP contribution is -2.30. The van der Waals surface area contributed by atoms with Crippen LogP contribution in [0.1, 0.15) is 18.7 Å². The Balaban J connectivity index is 2.88. The first-order valence-electron chi connectivity index (χ1n) is 4.48. The van der Waals surface area contributed by atoms with Crippen molar-refractivity contribution in [2.24, 2.45) is 7.05 Å². The Morgan fingerprint density at radius 2 is 2.50 bits per heavy atom. The molecule has 0 aromatic carbocycles. The van der Waals surface area contributed by atoms with E-state index in [9.17, 15) is 4.79 Å². The van der Waals surface area contributed by atoms with Gasteiger partial charge in [0.15, 0.2) is 0 Å². The third-order valence-electron chi connectivity index (χ3n) is 1.99. The summed E-state index contributed by atoms with van der Waals surface area (Å²) in [4.78, 5) is 15.4. The van der Waals surface area contributed by atoms with Crippen LogP contribution in [0, 0.1) is 0 Å². The second-order valence-electron chi connectivity index (χ2n) is 2.94. The summed E-state index contributed by atoms with van der Waals surface area (Å²) < 4.78 is 6.50. The second-order valence-corrected chi connectivity index (χ2v) is 2.94. The molecule has 1 rings (SSSR count). The number of likely N-dealkylation sites (N-methyl/N-ethyl adjacent to an activating group) is 1. The lowest BCUT2D eigenvalue weighted by atomic mass is 10.2. The molecule has 0 aliphatic heterocycles. The zero-order chi connectivity index (χ0) is 10.6. The molecule has 0 aliphatic carbocycles. The van der Waals surface area contributed by atoms with E-state index in [1.165, 1.54) is 7.11 Å². The van der Waals surface area contributed by atoms with Gasteiger partial charge in [-0.3, -0.25) is 5.32 Å². The number of carbonyl (C=O) groups excluding carboxylic acids is 1. The van der Waals surface area contributed by atoms with Gasteiger partial charge in [0.25, 0.3) is 0 Å². The highest BCUT2D eigenvalue weighted by molar-refractivity contribution is 5.76. The van der Waals surface area contributed by atoms with E-state index in [0.717, 1.165) is 5.69 Å². The van der Waals surface area contributed by atoms with Crippen molar-refractivity contribution in [2.75, 3.05) is 13.7 Å². The van der Waals surface area contributed by atoms with Gasteiger partial charge in [-0.05, 0) is 6.54 Å². The molecule has 1 aromatic rings. The van der Waals surface area contributed by atoms with Crippen molar-refractivity contribution >= 4 is 5.97 Å². The van der Waals surface area contributed by atoms with Crippen LogP contribution in [0.15, 0.2) is 12.5 Å². The zero-order valence-corrected chi connectivity index (χ0v) is 8.65. The maximum atomic E-state index is 11.4. The number of ether oxygens (including phenoxy) is 1. The molecule has 1 unspecified atom stereocenters. The number of nitrogens with zero attached hydrogens (tertiary/aromatic N) is 2. The van der Waals surface area contributed by atoms with Gasteiger partial charge in [0.1, 0.15) is 6.04 Å². The fraction of sp³-hybridized carbons (Fsp3) is 0.556. The number of methoxy groups -OCH3 is 1. The van der Waals surface area contributed by atoms with Gasteiger partial charge in [0.2, 0.25) is 0 Å². The van der Waals surface area contributed by atoms with Crippen molar-refractivity contribution in [2.45, 2.75) is 13.0 Å². The minimum Gasteiger partial charge on any atom is -0.468 e. The topological polar surface area (TPSA) is 56.1 Å². The number of aromatic nitrogens is 2. The third kappa shape index (κ3) is 2.11. The van der Waals surface area contributed by atoms with Gasteiger partial charge in [-0.15, -0.1) is 0 Å². The van der Waals surface area contributed by atoms with Gasteiger partial charge in [-0.2, -0.15) is 0 Å². The van der Waals surface area contributed by atoms with Gasteiger partial charge in [0.05, 0.1) is 25.3 Å². The van der Waals surface area contributed by atoms with Crippen LogP contribution in [0.5, 0.6) is 0 Å². The van der Waals surface area contributed by atoms with Crippen molar-refractivity contribution in [3.05, 3.63) is 18.2 Å². The Morgan fingerprint density at radius 1 is 1.79 bits per heavy atom. The first kappa shape index (κ1) is 10.7. The van der Waals surface area contributed by atoms with E-state index in [1.54, 1.807) is 17.1 Å². The molecule has 1 aromatic heterocycles. The van der Waals surface area contributed by atoms with Crippen molar-refractivity contribution in [1.82, 2.24) is 14.9 Å². The van der Waals surface area contributed by atoms with Crippen LogP contribution in [0.3, 0.4) is 0 Å². The predicted octanol–water partition coefficient (Wildman–Crippen LogP) is 0.244. The molecule has 0 amide bonds. The highest BCUT2D eigenvalue weighted by atomic mass is 16.5. The summed E-state index contributed by atoms with van der Waals surface area (Å²) in [6.07, 6.45) is 3.31. The molecule has 0 fully saturated rings. The molecular weight excluding hydrogens is 182 g/mol. The van der Waals surface area contributed by atoms with Crippen LogP contribution in [0.25, 0.3) is 0 Å². The maximum absolute atomic E-state index is 11.4. The SMILES string of the molecule is CCNC(C(=O)OC)c1cncn1C. The van der Waals surface area contributed by atoms with Gasteiger partial charge in [-0.1, -0.05) is 6.92 Å². The zero-order valence-electron chi connectivity index (χ0n) is 8.65. The molecular formula is C9H15N3O2. The molecule has 0 saturated heterocycles. The van der Waals surface area contributed by atoms with Crippen LogP contribution in [-0.4, -0.2) is 29.2 Å². The molecule has 0 spiro atoms. The molecule has 5 heteroatoms. The van der Waals surface area contributed by atoms with Crippen LogP contribution in [-0.2, 0) is 16.6 Å². The summed E-state index contributed by atoms with van der Waals surface area (Å²) in [5.41, 5.74) is 0.804. The molecule has 0 radical (unpaired) electrons. The summed E-state index contributed by atoms with van der Waals surface area (Å²) in [6.45, 7) is 2.64. The van der Waals surface area contributed by atoms with Gasteiger partial charge in [-0.25, -0.2) is 9.78 Å². The van der Waals surface area contributed by atoms with Crippen molar-refractivity contribution in [3.8, 4) is 0 Å². The highest BCUT2D eigenvalue weighted by Crippen LogP contribution is 2.12. The molecule has 1 heterocycles. The Kier molecular flexibility index (Phi) is 3.64. The molecule has 14 heavy (non-hydrogen) atoms. The van der Waals surface area contributed by atoms with E-state index in [0.29, 0.717) is 6.54 Å². The van der Waals surface area contributed by atoms with E-state index < -0.39 is 6.04 Å². The summed E-state index contributed by atoms with van der Waals surface area (Å²) in [5, 5.41) is 3.04. The second kappa shape index (κ2) is 4.76. The molecule has 0 bridgehead atoms. The number of rotatable bonds is 4. The van der Waals surface area contributed by atoms with Crippen molar-refractivity contribution in [3.63, 3.8) is 0 Å². The summed E-state index contributed by atoms with van der Waals surface area (Å²) in [5.74, 6) is -0.296. The van der Waals surface area contributed by atoms with E-state index in [1.807, 2.05) is 14.0 Å². The number of esters is 1. The number of nitrogens with one attached hydrogen (secondary N) is 1. The number of hydrogen-bond donors (Lipinski definition) is 1. The molecule has 1 N–H and O–H groups in total. The largest absolute Gasteiger partial charge is 0.468 e. The number of carbonyl (C=O) groups is 1. The normalized spacial score (nSPS) is 12.5. The van der Waals surface area contributed by atoms with Gasteiger partial charge < -0.3 is 9.30 Å². The van der Waals surface area contributed by atoms with Gasteiger partial charge in [0, 0.05) is 7.05 Å². The molecule has 78 valence electrons. The molecule has 0 aliphatic rings. The third-order valence-corrected chi connectivity index (χ3v) is 1.99. The average Bonchev–Trinajstić information content (AvgIpc) is 2.60. The van der Waals surface area contributed by atoms with E-state index in [-0.39, 0.29) is 5.97 Å². The highest BCUT2D eigenvalue weighted by Gasteiger charge is 2.22. The number of imidazole rings is 1. The van der Waals surface area contributed by atoms with Crippen LogP contribution < -0.4 is 5.32 Å². The summed E-state index contributed by atoms with van der Waals surface area (Å²) in [6, 6.07) is -0.433. The molecule has 5 nitrogen and oxygen atoms in total. The summed E-state index contributed by atoms with van der Waals surface area (Å²) >= 11 is 0. The van der Waals surface area contributed by atoms with Crippen LogP contribution in [0.4, 0.5) is 0 Å². The first-order valence-corrected chi connectivity index (χ1v) is 4.48. The van der Waals surface area contributed by atoms with Gasteiger partial charge >= 0.3 is 5.97 Å². The predicted molar refractivity (Wildman–Crippen MR) is 51.6 cm³/mol. The molecule has 0 saturated carbocycles. The molecule has 1 atom stereocenters. The van der Waals surface area contributed by atoms with Crippen molar-refractivity contribution < 1.29 is 9.53 Å². The van der Waals surface area contributed by atoms with Crippen molar-refractivity contribution in [1.29, 1.82) is 0 Å². The van der Waals surface area contributed by atoms with Crippen LogP contribution in [0.2, 0.25) is 0 Å². The fourth-order valence-electron chi connectivity index (χ4n) is 1.28. The smallest absolute Gasteiger partial charge is 0.329 e. The number of aryl methyl sites for hydroxylation is 1. The van der Waals surface area contributed by atoms with E-state index >= 15 is 0 Å². The minimum atomic E-state index is -0.433. The lowest BCUT2D eigenvalue weighted by Gasteiger charge is -2.15. The Hall–Kier alpha value is -1.36. The Labute approximate surface area is 83.1 Å². The lowest BCUT2D eigenvalue weighted by molar-refractivity contribution is -0.143. The van der Waals surface area contributed by atoms with E-state index in [4.69, 9.17) is 4.74 Å². The standard InChI is InChI=1S/C9H15N3O2/c1-4-11-8(9(13)14-3)7-5-10-6-12(7)2/h5-6,8,11H,4H2,1-3H3. The maximum Gasteiger partial charge on any atom is 0.329 e. The van der Waals surface area contributed by atoms with E-state index in [2.05, 4.69) is 10.3 Å². The Bertz CT molecular complexity index is 309. The number of hydrogen-bond acceptors (Lipinski definition) is 4. The average molecular weight is 197 g/mol. The monoisotopic (exact) mass is 197 g/mol. The first-order chi connectivity index (χ1) is 6.70. The quantitative estimate of drug-likeness (QED) is 0.703. The van der Waals surface area contributed by atoms with Crippen LogP contribution >= 0.6 is 0 Å². The minimum absolute atomic E-state index is 0.296. The Morgan fingerprint density at radius 3 is 2.93 bits per heavy atom. The summed E-state index contributed by atoms with van der Waals surface area (Å²) in [7, 11) is 3.22. The fourth-order valence-corrected chi connectivity index (χ4v) is 1.28.